The van der Waals surface area contributed by atoms with Gasteiger partial charge in [0.2, 0.25) is 0 Å². The van der Waals surface area contributed by atoms with Crippen molar-refractivity contribution in [1.29, 1.82) is 0 Å². The summed E-state index contributed by atoms with van der Waals surface area (Å²) >= 11 is 2.00. The minimum Gasteiger partial charge on any atom is -0.357 e. The Kier molecular flexibility index (Phi) is 8.43. The molecule has 1 atom stereocenters. The molecule has 0 amide bonds. The number of nitrogens with one attached hydrogen (secondary N) is 1. The van der Waals surface area contributed by atoms with E-state index in [1.165, 1.54) is 0 Å². The summed E-state index contributed by atoms with van der Waals surface area (Å²) in [6.45, 7) is 9.59. The van der Waals surface area contributed by atoms with Crippen LogP contribution in [-0.2, 0) is 0 Å². The summed E-state index contributed by atoms with van der Waals surface area (Å²) in [6.07, 6.45) is -4.14. The zero-order chi connectivity index (χ0) is 16.6. The zero-order valence-corrected chi connectivity index (χ0v) is 14.6. The Labute approximate surface area is 136 Å². The minimum absolute atomic E-state index is 0.150. The molecular formula is C15H28F3N3S. The van der Waals surface area contributed by atoms with Gasteiger partial charge in [-0.05, 0) is 25.7 Å². The van der Waals surface area contributed by atoms with Crippen LogP contribution in [0.15, 0.2) is 4.99 Å². The second kappa shape index (κ2) is 9.53. The highest BCUT2D eigenvalue weighted by molar-refractivity contribution is 8.00. The van der Waals surface area contributed by atoms with Crippen LogP contribution in [0.4, 0.5) is 13.2 Å². The predicted octanol–water partition coefficient (Wildman–Crippen LogP) is 3.76. The third kappa shape index (κ3) is 7.61. The molecule has 0 spiro atoms. The number of unbranched alkanes of at least 4 members (excludes halogenated alkanes) is 1. The Morgan fingerprint density at radius 2 is 2.09 bits per heavy atom. The van der Waals surface area contributed by atoms with Gasteiger partial charge in [0.1, 0.15) is 0 Å². The lowest BCUT2D eigenvalue weighted by Crippen LogP contribution is -2.49. The normalized spacial score (nSPS) is 20.6. The number of halogens is 3. The first-order chi connectivity index (χ1) is 10.3. The van der Waals surface area contributed by atoms with Crippen LogP contribution >= 0.6 is 11.8 Å². The molecule has 1 N–H and O–H groups in total. The Morgan fingerprint density at radius 1 is 1.36 bits per heavy atom. The minimum atomic E-state index is -4.05. The molecule has 0 aliphatic carbocycles. The van der Waals surface area contributed by atoms with E-state index in [1.54, 1.807) is 0 Å². The number of alkyl halides is 3. The van der Waals surface area contributed by atoms with Crippen molar-refractivity contribution < 1.29 is 13.2 Å². The first-order valence-electron chi connectivity index (χ1n) is 8.05. The molecular weight excluding hydrogens is 311 g/mol. The van der Waals surface area contributed by atoms with E-state index in [0.29, 0.717) is 24.1 Å². The molecule has 1 aliphatic rings. The fourth-order valence-electron chi connectivity index (χ4n) is 2.32. The van der Waals surface area contributed by atoms with E-state index in [1.807, 2.05) is 18.7 Å². The van der Waals surface area contributed by atoms with Crippen LogP contribution in [-0.4, -0.2) is 54.2 Å². The summed E-state index contributed by atoms with van der Waals surface area (Å²) in [5.41, 5.74) is 0. The maximum absolute atomic E-state index is 12.1. The van der Waals surface area contributed by atoms with Gasteiger partial charge in [-0.15, -0.1) is 0 Å². The van der Waals surface area contributed by atoms with Gasteiger partial charge in [-0.25, -0.2) is 0 Å². The number of nitrogens with zero attached hydrogens (tertiary/aromatic N) is 2. The lowest BCUT2D eigenvalue weighted by molar-refractivity contribution is -0.135. The van der Waals surface area contributed by atoms with E-state index in [0.717, 1.165) is 31.3 Å². The number of guanidine groups is 1. The molecule has 3 nitrogen and oxygen atoms in total. The van der Waals surface area contributed by atoms with E-state index in [9.17, 15) is 13.2 Å². The average Bonchev–Trinajstić information content (AvgIpc) is 2.44. The average molecular weight is 339 g/mol. The van der Waals surface area contributed by atoms with Gasteiger partial charge in [-0.2, -0.15) is 24.9 Å². The largest absolute Gasteiger partial charge is 0.389 e. The van der Waals surface area contributed by atoms with Gasteiger partial charge in [0, 0.05) is 43.6 Å². The lowest BCUT2D eigenvalue weighted by Gasteiger charge is -2.36. The van der Waals surface area contributed by atoms with Crippen LogP contribution in [0.25, 0.3) is 0 Å². The molecule has 22 heavy (non-hydrogen) atoms. The van der Waals surface area contributed by atoms with Crippen LogP contribution in [0.3, 0.4) is 0 Å². The van der Waals surface area contributed by atoms with Gasteiger partial charge >= 0.3 is 6.18 Å². The summed E-state index contributed by atoms with van der Waals surface area (Å²) in [6, 6.07) is 0. The van der Waals surface area contributed by atoms with Crippen molar-refractivity contribution >= 4 is 17.7 Å². The summed E-state index contributed by atoms with van der Waals surface area (Å²) < 4.78 is 36.3. The van der Waals surface area contributed by atoms with Gasteiger partial charge < -0.3 is 10.2 Å². The molecule has 0 aromatic carbocycles. The second-order valence-electron chi connectivity index (χ2n) is 5.91. The lowest BCUT2D eigenvalue weighted by atomic mass is 10.1. The monoisotopic (exact) mass is 339 g/mol. The summed E-state index contributed by atoms with van der Waals surface area (Å²) in [5.74, 6) is 2.53. The van der Waals surface area contributed by atoms with Crippen LogP contribution < -0.4 is 5.32 Å². The molecule has 7 heteroatoms. The first kappa shape index (κ1) is 19.5. The molecule has 0 radical (unpaired) electrons. The Balaban J connectivity index is 2.47. The molecule has 1 fully saturated rings. The number of rotatable bonds is 6. The smallest absolute Gasteiger partial charge is 0.357 e. The SMILES string of the molecule is CCNC(=NCCCCC(F)(F)F)N1CCSC(C(C)C)C1. The van der Waals surface area contributed by atoms with E-state index < -0.39 is 12.6 Å². The molecule has 1 heterocycles. The molecule has 0 bridgehead atoms. The van der Waals surface area contributed by atoms with Gasteiger partial charge in [-0.1, -0.05) is 13.8 Å². The topological polar surface area (TPSA) is 27.6 Å². The van der Waals surface area contributed by atoms with Crippen molar-refractivity contribution in [2.24, 2.45) is 10.9 Å². The molecule has 130 valence electrons. The quantitative estimate of drug-likeness (QED) is 0.454. The molecule has 0 aromatic heterocycles. The maximum Gasteiger partial charge on any atom is 0.389 e. The molecule has 1 unspecified atom stereocenters. The highest BCUT2D eigenvalue weighted by Crippen LogP contribution is 2.25. The highest BCUT2D eigenvalue weighted by atomic mass is 32.2. The third-order valence-electron chi connectivity index (χ3n) is 3.60. The second-order valence-corrected chi connectivity index (χ2v) is 7.25. The molecule has 0 aromatic rings. The molecule has 0 saturated carbocycles. The van der Waals surface area contributed by atoms with Gasteiger partial charge in [0.25, 0.3) is 0 Å². The number of hydrogen-bond acceptors (Lipinski definition) is 2. The highest BCUT2D eigenvalue weighted by Gasteiger charge is 2.26. The van der Waals surface area contributed by atoms with Gasteiger partial charge in [-0.3, -0.25) is 4.99 Å². The van der Waals surface area contributed by atoms with Gasteiger partial charge in [0.15, 0.2) is 5.96 Å². The zero-order valence-electron chi connectivity index (χ0n) is 13.7. The standard InChI is InChI=1S/C15H28F3N3S/c1-4-19-14(20-8-6-5-7-15(16,17)18)21-9-10-22-13(11-21)12(2)3/h12-13H,4-11H2,1-3H3,(H,19,20). The van der Waals surface area contributed by atoms with Crippen molar-refractivity contribution in [2.75, 3.05) is 31.9 Å². The summed E-state index contributed by atoms with van der Waals surface area (Å²) in [4.78, 5) is 6.75. The Bertz CT molecular complexity index is 345. The Hall–Kier alpha value is -0.590. The van der Waals surface area contributed by atoms with Crippen molar-refractivity contribution in [3.8, 4) is 0 Å². The van der Waals surface area contributed by atoms with E-state index in [-0.39, 0.29) is 6.42 Å². The first-order valence-corrected chi connectivity index (χ1v) is 9.10. The van der Waals surface area contributed by atoms with E-state index in [4.69, 9.17) is 0 Å². The fourth-order valence-corrected chi connectivity index (χ4v) is 3.62. The van der Waals surface area contributed by atoms with Gasteiger partial charge in [0.05, 0.1) is 0 Å². The van der Waals surface area contributed by atoms with Crippen LogP contribution in [0.5, 0.6) is 0 Å². The fraction of sp³-hybridized carbons (Fsp3) is 0.933. The molecule has 1 saturated heterocycles. The van der Waals surface area contributed by atoms with Crippen molar-refractivity contribution in [3.05, 3.63) is 0 Å². The van der Waals surface area contributed by atoms with Crippen molar-refractivity contribution in [2.45, 2.75) is 51.5 Å². The van der Waals surface area contributed by atoms with Crippen molar-refractivity contribution in [1.82, 2.24) is 10.2 Å². The third-order valence-corrected chi connectivity index (χ3v) is 5.14. The van der Waals surface area contributed by atoms with E-state index in [2.05, 4.69) is 29.1 Å². The Morgan fingerprint density at radius 3 is 2.68 bits per heavy atom. The summed E-state index contributed by atoms with van der Waals surface area (Å²) in [7, 11) is 0. The van der Waals surface area contributed by atoms with E-state index >= 15 is 0 Å². The number of aliphatic imine (C=N–C) groups is 1. The predicted molar refractivity (Wildman–Crippen MR) is 88.5 cm³/mol. The number of hydrogen-bond donors (Lipinski definition) is 1. The molecule has 1 aliphatic heterocycles. The van der Waals surface area contributed by atoms with Crippen LogP contribution in [0, 0.1) is 5.92 Å². The number of thioether (sulfide) groups is 1. The van der Waals surface area contributed by atoms with Crippen molar-refractivity contribution in [3.63, 3.8) is 0 Å². The molecule has 1 rings (SSSR count). The summed E-state index contributed by atoms with van der Waals surface area (Å²) in [5, 5.41) is 3.85. The van der Waals surface area contributed by atoms with Crippen LogP contribution in [0.2, 0.25) is 0 Å². The van der Waals surface area contributed by atoms with Crippen LogP contribution in [0.1, 0.15) is 40.0 Å². The maximum atomic E-state index is 12.1.